The molecule has 1 aliphatic heterocycles. The summed E-state index contributed by atoms with van der Waals surface area (Å²) in [4.78, 5) is 16.2. The molecule has 1 aromatic heterocycles. The van der Waals surface area contributed by atoms with Gasteiger partial charge in [-0.3, -0.25) is 9.69 Å². The lowest BCUT2D eigenvalue weighted by atomic mass is 10.2. The zero-order valence-corrected chi connectivity index (χ0v) is 20.9. The number of likely N-dealkylation sites (tertiary alicyclic amines) is 1. The van der Waals surface area contributed by atoms with Gasteiger partial charge in [-0.1, -0.05) is 23.7 Å². The second kappa shape index (κ2) is 10.8. The Labute approximate surface area is 211 Å². The molecule has 10 heteroatoms. The van der Waals surface area contributed by atoms with Crippen LogP contribution in [0.4, 0.5) is 20.2 Å². The van der Waals surface area contributed by atoms with Crippen LogP contribution >= 0.6 is 22.9 Å². The highest BCUT2D eigenvalue weighted by Crippen LogP contribution is 2.36. The third-order valence-electron chi connectivity index (χ3n) is 5.67. The van der Waals surface area contributed by atoms with E-state index in [4.69, 9.17) is 21.1 Å². The molecule has 186 valence electrons. The van der Waals surface area contributed by atoms with Crippen molar-refractivity contribution in [1.82, 2.24) is 4.90 Å². The fraction of sp³-hybridized carbons (Fsp3) is 0.320. The molecule has 2 heterocycles. The number of carbonyl (C=O) groups excluding carboxylic acids is 1. The van der Waals surface area contributed by atoms with Crippen LogP contribution in [0.1, 0.15) is 16.1 Å². The van der Waals surface area contributed by atoms with Crippen molar-refractivity contribution >= 4 is 40.2 Å². The van der Waals surface area contributed by atoms with Gasteiger partial charge in [0, 0.05) is 48.2 Å². The van der Waals surface area contributed by atoms with Gasteiger partial charge < -0.3 is 20.1 Å². The van der Waals surface area contributed by atoms with Gasteiger partial charge in [0.25, 0.3) is 11.8 Å². The van der Waals surface area contributed by atoms with E-state index in [-0.39, 0.29) is 25.5 Å². The standard InChI is InChI=1S/C25H26ClF2N3O3S/c1-29-19-14-22(16-3-5-17(26)6-4-16)35-23(19)24(32)30-18-7-8-20(21(13-18)33-2)34-12-11-31-10-9-25(27,28)15-31/h3-8,13-14,29H,9-12,15H2,1-2H3,(H,30,32). The summed E-state index contributed by atoms with van der Waals surface area (Å²) < 4.78 is 37.9. The van der Waals surface area contributed by atoms with Gasteiger partial charge in [-0.05, 0) is 35.9 Å². The third kappa shape index (κ3) is 6.22. The number of amides is 1. The molecule has 0 saturated carbocycles. The highest BCUT2D eigenvalue weighted by Gasteiger charge is 2.37. The summed E-state index contributed by atoms with van der Waals surface area (Å²) >= 11 is 7.36. The predicted octanol–water partition coefficient (Wildman–Crippen LogP) is 6.09. The molecule has 1 fully saturated rings. The molecule has 1 saturated heterocycles. The Balaban J connectivity index is 1.41. The summed E-state index contributed by atoms with van der Waals surface area (Å²) in [5.41, 5.74) is 2.23. The Bertz CT molecular complexity index is 1190. The van der Waals surface area contributed by atoms with Crippen LogP contribution in [-0.2, 0) is 0 Å². The van der Waals surface area contributed by atoms with E-state index in [0.29, 0.717) is 40.2 Å². The number of carbonyl (C=O) groups is 1. The minimum absolute atomic E-state index is 0.120. The highest BCUT2D eigenvalue weighted by atomic mass is 35.5. The average Bonchev–Trinajstić information content (AvgIpc) is 3.43. The molecule has 0 radical (unpaired) electrons. The van der Waals surface area contributed by atoms with Gasteiger partial charge in [0.15, 0.2) is 11.5 Å². The maximum atomic E-state index is 13.3. The summed E-state index contributed by atoms with van der Waals surface area (Å²) in [5, 5.41) is 6.63. The predicted molar refractivity (Wildman–Crippen MR) is 137 cm³/mol. The first kappa shape index (κ1) is 25.2. The van der Waals surface area contributed by atoms with Crippen molar-refractivity contribution in [3.05, 3.63) is 58.4 Å². The van der Waals surface area contributed by atoms with E-state index in [9.17, 15) is 13.6 Å². The van der Waals surface area contributed by atoms with Crippen molar-refractivity contribution in [2.75, 3.05) is 51.0 Å². The summed E-state index contributed by atoms with van der Waals surface area (Å²) in [6.07, 6.45) is -0.120. The second-order valence-corrected chi connectivity index (χ2v) is 9.65. The van der Waals surface area contributed by atoms with Gasteiger partial charge in [-0.15, -0.1) is 11.3 Å². The van der Waals surface area contributed by atoms with Crippen LogP contribution < -0.4 is 20.1 Å². The molecule has 6 nitrogen and oxygen atoms in total. The van der Waals surface area contributed by atoms with Crippen LogP contribution in [0.5, 0.6) is 11.5 Å². The highest BCUT2D eigenvalue weighted by molar-refractivity contribution is 7.18. The molecule has 1 aliphatic rings. The number of anilines is 2. The number of hydrogen-bond donors (Lipinski definition) is 2. The van der Waals surface area contributed by atoms with E-state index in [1.807, 2.05) is 30.3 Å². The number of benzene rings is 2. The van der Waals surface area contributed by atoms with Crippen molar-refractivity contribution in [3.8, 4) is 21.9 Å². The SMILES string of the molecule is CNc1cc(-c2ccc(Cl)cc2)sc1C(=O)Nc1ccc(OCCN2CCC(F)(F)C2)c(OC)c1. The van der Waals surface area contributed by atoms with Crippen LogP contribution in [0.3, 0.4) is 0 Å². The van der Waals surface area contributed by atoms with E-state index in [2.05, 4.69) is 10.6 Å². The van der Waals surface area contributed by atoms with E-state index >= 15 is 0 Å². The van der Waals surface area contributed by atoms with Gasteiger partial charge in [-0.25, -0.2) is 8.78 Å². The summed E-state index contributed by atoms with van der Waals surface area (Å²) in [6, 6.07) is 14.5. The molecule has 2 N–H and O–H groups in total. The fourth-order valence-corrected chi connectivity index (χ4v) is 5.03. The number of ether oxygens (including phenoxy) is 2. The number of hydrogen-bond acceptors (Lipinski definition) is 6. The van der Waals surface area contributed by atoms with Gasteiger partial charge in [0.2, 0.25) is 0 Å². The number of halogens is 3. The second-order valence-electron chi connectivity index (χ2n) is 8.16. The summed E-state index contributed by atoms with van der Waals surface area (Å²) in [7, 11) is 3.27. The molecule has 1 amide bonds. The zero-order valence-electron chi connectivity index (χ0n) is 19.4. The van der Waals surface area contributed by atoms with Crippen LogP contribution in [-0.4, -0.2) is 57.1 Å². The molecule has 4 rings (SSSR count). The van der Waals surface area contributed by atoms with Crippen molar-refractivity contribution in [1.29, 1.82) is 0 Å². The normalized spacial score (nSPS) is 15.1. The number of alkyl halides is 2. The molecule has 0 aliphatic carbocycles. The van der Waals surface area contributed by atoms with E-state index in [1.54, 1.807) is 30.1 Å². The number of thiophene rings is 1. The van der Waals surface area contributed by atoms with Crippen LogP contribution in [0.25, 0.3) is 10.4 Å². The molecular weight excluding hydrogens is 496 g/mol. The minimum atomic E-state index is -2.62. The van der Waals surface area contributed by atoms with Gasteiger partial charge in [0.05, 0.1) is 19.3 Å². The summed E-state index contributed by atoms with van der Waals surface area (Å²) in [6.45, 7) is 0.774. The van der Waals surface area contributed by atoms with Crippen molar-refractivity contribution < 1.29 is 23.0 Å². The molecule has 2 aromatic carbocycles. The quantitative estimate of drug-likeness (QED) is 0.357. The van der Waals surface area contributed by atoms with Gasteiger partial charge in [0.1, 0.15) is 11.5 Å². The topological polar surface area (TPSA) is 62.8 Å². The van der Waals surface area contributed by atoms with E-state index < -0.39 is 5.92 Å². The smallest absolute Gasteiger partial charge is 0.267 e. The fourth-order valence-electron chi connectivity index (χ4n) is 3.84. The van der Waals surface area contributed by atoms with Crippen LogP contribution in [0.2, 0.25) is 5.02 Å². The van der Waals surface area contributed by atoms with Gasteiger partial charge in [-0.2, -0.15) is 0 Å². The Morgan fingerprint density at radius 2 is 1.94 bits per heavy atom. The molecule has 0 unspecified atom stereocenters. The lowest BCUT2D eigenvalue weighted by Crippen LogP contribution is -2.29. The number of rotatable bonds is 9. The van der Waals surface area contributed by atoms with E-state index in [0.717, 1.165) is 16.1 Å². The lowest BCUT2D eigenvalue weighted by molar-refractivity contribution is 0.0112. The van der Waals surface area contributed by atoms with Crippen LogP contribution in [0.15, 0.2) is 48.5 Å². The number of nitrogens with one attached hydrogen (secondary N) is 2. The molecule has 0 atom stereocenters. The first-order valence-corrected chi connectivity index (χ1v) is 12.3. The van der Waals surface area contributed by atoms with Crippen molar-refractivity contribution in [2.45, 2.75) is 12.3 Å². The maximum absolute atomic E-state index is 13.3. The molecular formula is C25H26ClF2N3O3S. The Morgan fingerprint density at radius 3 is 2.60 bits per heavy atom. The monoisotopic (exact) mass is 521 g/mol. The van der Waals surface area contributed by atoms with Gasteiger partial charge >= 0.3 is 0 Å². The van der Waals surface area contributed by atoms with Crippen molar-refractivity contribution in [3.63, 3.8) is 0 Å². The molecule has 0 spiro atoms. The van der Waals surface area contributed by atoms with Crippen molar-refractivity contribution in [2.24, 2.45) is 0 Å². The third-order valence-corrected chi connectivity index (χ3v) is 7.11. The Kier molecular flexibility index (Phi) is 7.78. The van der Waals surface area contributed by atoms with Crippen LogP contribution in [0, 0.1) is 0 Å². The molecule has 3 aromatic rings. The largest absolute Gasteiger partial charge is 0.493 e. The summed E-state index contributed by atoms with van der Waals surface area (Å²) in [5.74, 6) is -1.96. The Morgan fingerprint density at radius 1 is 1.17 bits per heavy atom. The minimum Gasteiger partial charge on any atom is -0.493 e. The zero-order chi connectivity index (χ0) is 25.0. The number of methoxy groups -OCH3 is 1. The first-order chi connectivity index (χ1) is 16.8. The molecule has 0 bridgehead atoms. The maximum Gasteiger partial charge on any atom is 0.267 e. The van der Waals surface area contributed by atoms with E-state index in [1.165, 1.54) is 18.4 Å². The first-order valence-electron chi connectivity index (χ1n) is 11.1. The lowest BCUT2D eigenvalue weighted by Gasteiger charge is -2.17. The molecule has 35 heavy (non-hydrogen) atoms. The Hall–Kier alpha value is -2.88. The average molecular weight is 522 g/mol. The number of nitrogens with zero attached hydrogens (tertiary/aromatic N) is 1.